The largest absolute Gasteiger partial charge is 0.493 e. The minimum atomic E-state index is -2.20. The van der Waals surface area contributed by atoms with Crippen LogP contribution in [0, 0.1) is 13.8 Å². The average Bonchev–Trinajstić information content (AvgIpc) is 3.07. The Morgan fingerprint density at radius 2 is 1.70 bits per heavy atom. The number of hydrogen-bond acceptors (Lipinski definition) is 10. The third-order valence-electron chi connectivity index (χ3n) is 4.90. The van der Waals surface area contributed by atoms with Crippen LogP contribution < -0.4 is 19.5 Å². The van der Waals surface area contributed by atoms with Crippen LogP contribution in [0.25, 0.3) is 0 Å². The number of nitrogens with one attached hydrogen (secondary N) is 1. The zero-order valence-electron chi connectivity index (χ0n) is 18.6. The molecule has 1 aliphatic heterocycles. The van der Waals surface area contributed by atoms with Gasteiger partial charge >= 0.3 is 17.8 Å². The summed E-state index contributed by atoms with van der Waals surface area (Å²) in [4.78, 5) is 24.0. The van der Waals surface area contributed by atoms with E-state index in [-0.39, 0.29) is 13.3 Å². The van der Waals surface area contributed by atoms with Gasteiger partial charge < -0.3 is 28.8 Å². The van der Waals surface area contributed by atoms with Crippen molar-refractivity contribution < 1.29 is 42.6 Å². The maximum Gasteiger partial charge on any atom is 0.422 e. The molecule has 2 aromatic carbocycles. The minimum Gasteiger partial charge on any atom is -0.493 e. The first kappa shape index (κ1) is 24.5. The number of rotatable bonds is 10. The summed E-state index contributed by atoms with van der Waals surface area (Å²) in [6.45, 7) is 2.91. The van der Waals surface area contributed by atoms with Gasteiger partial charge in [-0.3, -0.25) is 4.21 Å². The molecule has 1 aliphatic rings. The Kier molecular flexibility index (Phi) is 7.57. The number of aliphatic hydroxyl groups excluding tert-OH is 1. The quantitative estimate of drug-likeness (QED) is 0.291. The summed E-state index contributed by atoms with van der Waals surface area (Å²) in [6, 6.07) is 10.4. The van der Waals surface area contributed by atoms with E-state index in [4.69, 9.17) is 23.7 Å². The molecule has 1 fully saturated rings. The molecule has 3 rings (SSSR count). The van der Waals surface area contributed by atoms with Crippen LogP contribution in [0.1, 0.15) is 11.1 Å². The second-order valence-electron chi connectivity index (χ2n) is 7.23. The predicted octanol–water partition coefficient (Wildman–Crippen LogP) is 1.17. The fourth-order valence-electron chi connectivity index (χ4n) is 3.14. The Morgan fingerprint density at radius 1 is 1.03 bits per heavy atom. The van der Waals surface area contributed by atoms with Gasteiger partial charge in [0.15, 0.2) is 17.6 Å². The van der Waals surface area contributed by atoms with Crippen LogP contribution in [0.15, 0.2) is 41.3 Å². The Balaban J connectivity index is 1.73. The molecule has 0 spiro atoms. The Labute approximate surface area is 193 Å². The van der Waals surface area contributed by atoms with Crippen molar-refractivity contribution in [3.8, 4) is 17.2 Å². The van der Waals surface area contributed by atoms with E-state index in [2.05, 4.69) is 5.32 Å². The number of carbonyl (C=O) groups excluding carboxylic acids is 2. The van der Waals surface area contributed by atoms with Gasteiger partial charge in [-0.2, -0.15) is 0 Å². The Hall–Kier alpha value is -3.15. The van der Waals surface area contributed by atoms with Crippen molar-refractivity contribution in [3.63, 3.8) is 0 Å². The highest BCUT2D eigenvalue weighted by Crippen LogP contribution is 2.32. The van der Waals surface area contributed by atoms with Crippen molar-refractivity contribution in [2.45, 2.75) is 30.8 Å². The molecule has 1 heterocycles. The summed E-state index contributed by atoms with van der Waals surface area (Å²) in [5, 5.41) is 13.3. The molecule has 1 saturated heterocycles. The molecular formula is C22H25NO9S. The van der Waals surface area contributed by atoms with E-state index in [0.29, 0.717) is 27.7 Å². The number of carbonyl (C=O) groups is 2. The zero-order chi connectivity index (χ0) is 24.2. The van der Waals surface area contributed by atoms with Gasteiger partial charge in [0.25, 0.3) is 0 Å². The predicted molar refractivity (Wildman–Crippen MR) is 116 cm³/mol. The summed E-state index contributed by atoms with van der Waals surface area (Å²) < 4.78 is 38.4. The lowest BCUT2D eigenvalue weighted by Gasteiger charge is -2.30. The molecule has 0 aromatic heterocycles. The summed E-state index contributed by atoms with van der Waals surface area (Å²) in [6.07, 6.45) is -0.0267. The number of aryl methyl sites for hydroxylation is 2. The van der Waals surface area contributed by atoms with E-state index >= 15 is 0 Å². The van der Waals surface area contributed by atoms with Gasteiger partial charge in [0.2, 0.25) is 0 Å². The molecule has 2 N–H and O–H groups in total. The van der Waals surface area contributed by atoms with Gasteiger partial charge in [0.05, 0.1) is 17.9 Å². The molecule has 0 amide bonds. The maximum atomic E-state index is 11.9. The zero-order valence-corrected chi connectivity index (χ0v) is 19.4. The molecule has 0 bridgehead atoms. The highest BCUT2D eigenvalue weighted by atomic mass is 32.2. The lowest BCUT2D eigenvalue weighted by molar-refractivity contribution is -0.244. The van der Waals surface area contributed by atoms with Crippen molar-refractivity contribution in [3.05, 3.63) is 47.5 Å². The first-order chi connectivity index (χ1) is 15.7. The maximum absolute atomic E-state index is 11.9. The smallest absolute Gasteiger partial charge is 0.422 e. The summed E-state index contributed by atoms with van der Waals surface area (Å²) in [7, 11) is 0.210. The van der Waals surface area contributed by atoms with Crippen molar-refractivity contribution in [1.82, 2.24) is 5.32 Å². The molecular weight excluding hydrogens is 454 g/mol. The van der Waals surface area contributed by atoms with Crippen molar-refractivity contribution in [2.24, 2.45) is 0 Å². The second kappa shape index (κ2) is 10.2. The van der Waals surface area contributed by atoms with Crippen molar-refractivity contribution >= 4 is 22.7 Å². The Bertz CT molecular complexity index is 1060. The first-order valence-corrected chi connectivity index (χ1v) is 11.5. The van der Waals surface area contributed by atoms with Gasteiger partial charge in [-0.25, -0.2) is 14.9 Å². The van der Waals surface area contributed by atoms with E-state index in [9.17, 15) is 18.9 Å². The molecule has 11 heteroatoms. The molecule has 10 nitrogen and oxygen atoms in total. The topological polar surface area (TPSA) is 130 Å². The number of esters is 2. The lowest BCUT2D eigenvalue weighted by Crippen LogP contribution is -2.58. The SMILES string of the molecule is COc1cc(S(C)=O)c(C)cc1OCNC1(C(O)COc2ccccc2C)OC(=O)C(=O)O1. The second-order valence-corrected chi connectivity index (χ2v) is 8.58. The van der Waals surface area contributed by atoms with Crippen LogP contribution in [0.3, 0.4) is 0 Å². The molecule has 2 atom stereocenters. The van der Waals surface area contributed by atoms with Gasteiger partial charge in [-0.15, -0.1) is 0 Å². The fraction of sp³-hybridized carbons (Fsp3) is 0.364. The number of benzene rings is 2. The van der Waals surface area contributed by atoms with Crippen LogP contribution in [-0.4, -0.2) is 60.0 Å². The van der Waals surface area contributed by atoms with Crippen LogP contribution in [-0.2, 0) is 29.9 Å². The third-order valence-corrected chi connectivity index (χ3v) is 5.96. The molecule has 0 aliphatic carbocycles. The van der Waals surface area contributed by atoms with E-state index in [0.717, 1.165) is 5.56 Å². The lowest BCUT2D eigenvalue weighted by atomic mass is 10.2. The number of para-hydroxylation sites is 1. The Morgan fingerprint density at radius 3 is 2.30 bits per heavy atom. The number of methoxy groups -OCH3 is 1. The van der Waals surface area contributed by atoms with Gasteiger partial charge in [-0.1, -0.05) is 18.2 Å². The summed E-state index contributed by atoms with van der Waals surface area (Å²) in [5.74, 6) is -3.60. The highest BCUT2D eigenvalue weighted by Gasteiger charge is 2.54. The van der Waals surface area contributed by atoms with Gasteiger partial charge in [0, 0.05) is 17.2 Å². The molecule has 33 heavy (non-hydrogen) atoms. The van der Waals surface area contributed by atoms with Crippen LogP contribution in [0.5, 0.6) is 17.2 Å². The first-order valence-electron chi connectivity index (χ1n) is 9.89. The van der Waals surface area contributed by atoms with Crippen molar-refractivity contribution in [2.75, 3.05) is 26.7 Å². The van der Waals surface area contributed by atoms with Crippen LogP contribution >= 0.6 is 0 Å². The fourth-order valence-corrected chi connectivity index (χ4v) is 3.93. The number of cyclic esters (lactones) is 2. The molecule has 2 unspecified atom stereocenters. The van der Waals surface area contributed by atoms with E-state index < -0.39 is 34.8 Å². The van der Waals surface area contributed by atoms with Gasteiger partial charge in [-0.05, 0) is 37.1 Å². The normalized spacial score (nSPS) is 16.5. The number of aliphatic hydroxyl groups is 1. The standard InChI is InChI=1S/C22H25NO9S/c1-13-7-5-6-8-15(13)29-11-19(24)22(31-20(25)21(26)32-22)23-12-30-17-9-14(2)18(33(4)27)10-16(17)28-3/h5-10,19,23-24H,11-12H2,1-4H3. The van der Waals surface area contributed by atoms with E-state index in [1.807, 2.05) is 19.1 Å². The van der Waals surface area contributed by atoms with Crippen LogP contribution in [0.4, 0.5) is 0 Å². The number of ether oxygens (including phenoxy) is 5. The van der Waals surface area contributed by atoms with E-state index in [1.54, 1.807) is 37.4 Å². The molecule has 0 radical (unpaired) electrons. The number of hydrogen-bond donors (Lipinski definition) is 2. The van der Waals surface area contributed by atoms with Crippen LogP contribution in [0.2, 0.25) is 0 Å². The van der Waals surface area contributed by atoms with Gasteiger partial charge in [0.1, 0.15) is 19.1 Å². The monoisotopic (exact) mass is 479 g/mol. The van der Waals surface area contributed by atoms with E-state index in [1.165, 1.54) is 7.11 Å². The molecule has 178 valence electrons. The summed E-state index contributed by atoms with van der Waals surface area (Å²) in [5.41, 5.74) is 1.54. The average molecular weight is 480 g/mol. The third kappa shape index (κ3) is 5.44. The molecule has 2 aromatic rings. The van der Waals surface area contributed by atoms with Crippen molar-refractivity contribution in [1.29, 1.82) is 0 Å². The highest BCUT2D eigenvalue weighted by molar-refractivity contribution is 7.84. The summed E-state index contributed by atoms with van der Waals surface area (Å²) >= 11 is 0. The minimum absolute atomic E-state index is 0.299. The molecule has 0 saturated carbocycles.